The summed E-state index contributed by atoms with van der Waals surface area (Å²) in [7, 11) is 1.40. The molecule has 1 aromatic carbocycles. The van der Waals surface area contributed by atoms with Crippen molar-refractivity contribution < 1.29 is 19.1 Å². The monoisotopic (exact) mass is 361 g/mol. The van der Waals surface area contributed by atoms with E-state index in [-0.39, 0.29) is 23.8 Å². The topological polar surface area (TPSA) is 55.8 Å². The Labute approximate surface area is 156 Å². The first-order valence-electron chi connectivity index (χ1n) is 9.67. The van der Waals surface area contributed by atoms with Gasteiger partial charge in [-0.2, -0.15) is 0 Å². The van der Waals surface area contributed by atoms with Crippen molar-refractivity contribution in [2.75, 3.05) is 20.3 Å². The number of para-hydroxylation sites is 1. The zero-order chi connectivity index (χ0) is 18.8. The van der Waals surface area contributed by atoms with Crippen molar-refractivity contribution in [1.29, 1.82) is 0 Å². The summed E-state index contributed by atoms with van der Waals surface area (Å²) >= 11 is 0. The third-order valence-corrected chi connectivity index (χ3v) is 4.96. The number of hydrogen-bond donors (Lipinski definition) is 0. The number of benzene rings is 1. The number of hydrogen-bond acceptors (Lipinski definition) is 4. The second kappa shape index (κ2) is 10.8. The van der Waals surface area contributed by atoms with E-state index in [0.717, 1.165) is 31.4 Å². The van der Waals surface area contributed by atoms with E-state index < -0.39 is 0 Å². The molecule has 0 radical (unpaired) electrons. The third kappa shape index (κ3) is 6.36. The number of ether oxygens (including phenoxy) is 2. The normalized spacial score (nSPS) is 15.9. The highest BCUT2D eigenvalue weighted by molar-refractivity contribution is 5.78. The lowest BCUT2D eigenvalue weighted by Gasteiger charge is -2.35. The summed E-state index contributed by atoms with van der Waals surface area (Å²) in [5.74, 6) is 0.380. The molecule has 1 aliphatic rings. The third-order valence-electron chi connectivity index (χ3n) is 4.96. The van der Waals surface area contributed by atoms with E-state index >= 15 is 0 Å². The molecule has 0 bridgehead atoms. The molecule has 26 heavy (non-hydrogen) atoms. The molecule has 1 aromatic rings. The van der Waals surface area contributed by atoms with Gasteiger partial charge in [-0.05, 0) is 31.4 Å². The molecule has 1 aliphatic carbocycles. The number of carbonyl (C=O) groups is 2. The van der Waals surface area contributed by atoms with E-state index in [9.17, 15) is 9.59 Å². The van der Waals surface area contributed by atoms with Gasteiger partial charge in [0, 0.05) is 19.0 Å². The molecule has 0 aromatic heterocycles. The van der Waals surface area contributed by atoms with Crippen LogP contribution >= 0.6 is 0 Å². The number of amides is 1. The van der Waals surface area contributed by atoms with Gasteiger partial charge in [-0.1, -0.05) is 44.4 Å². The van der Waals surface area contributed by atoms with Gasteiger partial charge in [-0.25, -0.2) is 0 Å². The standard InChI is InChI=1S/C21H31NO4/c1-17(21(24)25-2)16-22(18-10-5-3-6-11-18)20(23)14-9-15-26-19-12-7-4-8-13-19/h4,7-8,12-13,17-18H,3,5-6,9-11,14-16H2,1-2H3. The summed E-state index contributed by atoms with van der Waals surface area (Å²) in [6.45, 7) is 2.78. The van der Waals surface area contributed by atoms with Crippen LogP contribution in [0.15, 0.2) is 30.3 Å². The Morgan fingerprint density at radius 2 is 1.85 bits per heavy atom. The summed E-state index contributed by atoms with van der Waals surface area (Å²) in [4.78, 5) is 26.5. The minimum atomic E-state index is -0.300. The second-order valence-corrected chi connectivity index (χ2v) is 7.03. The fourth-order valence-corrected chi connectivity index (χ4v) is 3.49. The maximum Gasteiger partial charge on any atom is 0.310 e. The number of esters is 1. The molecule has 0 heterocycles. The molecule has 2 rings (SSSR count). The highest BCUT2D eigenvalue weighted by Crippen LogP contribution is 2.24. The van der Waals surface area contributed by atoms with Crippen molar-refractivity contribution in [3.05, 3.63) is 30.3 Å². The van der Waals surface area contributed by atoms with Gasteiger partial charge in [0.05, 0.1) is 19.6 Å². The molecule has 144 valence electrons. The van der Waals surface area contributed by atoms with Crippen molar-refractivity contribution in [3.8, 4) is 5.75 Å². The van der Waals surface area contributed by atoms with Crippen molar-refractivity contribution >= 4 is 11.9 Å². The Kier molecular flexibility index (Phi) is 8.45. The second-order valence-electron chi connectivity index (χ2n) is 7.03. The number of carbonyl (C=O) groups excluding carboxylic acids is 2. The Balaban J connectivity index is 1.86. The smallest absolute Gasteiger partial charge is 0.310 e. The molecule has 1 atom stereocenters. The Morgan fingerprint density at radius 1 is 1.15 bits per heavy atom. The Morgan fingerprint density at radius 3 is 2.50 bits per heavy atom. The lowest BCUT2D eigenvalue weighted by molar-refractivity contribution is -0.147. The van der Waals surface area contributed by atoms with E-state index in [2.05, 4.69) is 0 Å². The van der Waals surface area contributed by atoms with Gasteiger partial charge in [-0.15, -0.1) is 0 Å². The Hall–Kier alpha value is -2.04. The van der Waals surface area contributed by atoms with Gasteiger partial charge in [0.2, 0.25) is 5.91 Å². The quantitative estimate of drug-likeness (QED) is 0.496. The molecule has 0 saturated heterocycles. The summed E-state index contributed by atoms with van der Waals surface area (Å²) in [6.07, 6.45) is 6.70. The van der Waals surface area contributed by atoms with Crippen molar-refractivity contribution in [1.82, 2.24) is 4.90 Å². The molecule has 1 amide bonds. The molecule has 1 saturated carbocycles. The maximum atomic E-state index is 12.8. The lowest BCUT2D eigenvalue weighted by atomic mass is 9.93. The fourth-order valence-electron chi connectivity index (χ4n) is 3.49. The highest BCUT2D eigenvalue weighted by Gasteiger charge is 2.28. The summed E-state index contributed by atoms with van der Waals surface area (Å²) in [5, 5.41) is 0. The first kappa shape index (κ1) is 20.3. The van der Waals surface area contributed by atoms with Crippen LogP contribution in [0.3, 0.4) is 0 Å². The lowest BCUT2D eigenvalue weighted by Crippen LogP contribution is -2.45. The van der Waals surface area contributed by atoms with Crippen LogP contribution in [-0.4, -0.2) is 43.1 Å². The zero-order valence-corrected chi connectivity index (χ0v) is 16.0. The number of nitrogens with zero attached hydrogens (tertiary/aromatic N) is 1. The molecule has 1 fully saturated rings. The predicted molar refractivity (Wildman–Crippen MR) is 101 cm³/mol. The molecular formula is C21H31NO4. The van der Waals surface area contributed by atoms with Crippen molar-refractivity contribution in [3.63, 3.8) is 0 Å². The van der Waals surface area contributed by atoms with Gasteiger partial charge in [0.25, 0.3) is 0 Å². The molecule has 0 spiro atoms. The summed E-state index contributed by atoms with van der Waals surface area (Å²) in [5.41, 5.74) is 0. The number of methoxy groups -OCH3 is 1. The van der Waals surface area contributed by atoms with E-state index in [1.165, 1.54) is 13.5 Å². The van der Waals surface area contributed by atoms with Crippen LogP contribution < -0.4 is 4.74 Å². The minimum absolute atomic E-state index is 0.115. The van der Waals surface area contributed by atoms with Gasteiger partial charge >= 0.3 is 5.97 Å². The predicted octanol–water partition coefficient (Wildman–Crippen LogP) is 3.82. The summed E-state index contributed by atoms with van der Waals surface area (Å²) < 4.78 is 10.5. The van der Waals surface area contributed by atoms with Crippen LogP contribution in [-0.2, 0) is 14.3 Å². The molecule has 5 heteroatoms. The van der Waals surface area contributed by atoms with Gasteiger partial charge < -0.3 is 14.4 Å². The largest absolute Gasteiger partial charge is 0.494 e. The average molecular weight is 361 g/mol. The maximum absolute atomic E-state index is 12.8. The SMILES string of the molecule is COC(=O)C(C)CN(C(=O)CCCOc1ccccc1)C1CCCCC1. The minimum Gasteiger partial charge on any atom is -0.494 e. The molecule has 1 unspecified atom stereocenters. The molecular weight excluding hydrogens is 330 g/mol. The van der Waals surface area contributed by atoms with Gasteiger partial charge in [0.15, 0.2) is 0 Å². The van der Waals surface area contributed by atoms with E-state index in [1.54, 1.807) is 0 Å². The van der Waals surface area contributed by atoms with Crippen LogP contribution in [0.4, 0.5) is 0 Å². The number of rotatable bonds is 9. The van der Waals surface area contributed by atoms with E-state index in [4.69, 9.17) is 9.47 Å². The van der Waals surface area contributed by atoms with Crippen LogP contribution in [0, 0.1) is 5.92 Å². The van der Waals surface area contributed by atoms with Crippen LogP contribution in [0.1, 0.15) is 51.9 Å². The first-order valence-corrected chi connectivity index (χ1v) is 9.67. The first-order chi connectivity index (χ1) is 12.6. The zero-order valence-electron chi connectivity index (χ0n) is 16.0. The molecule has 0 N–H and O–H groups in total. The van der Waals surface area contributed by atoms with Gasteiger partial charge in [0.1, 0.15) is 5.75 Å². The average Bonchev–Trinajstić information content (AvgIpc) is 2.69. The van der Waals surface area contributed by atoms with Crippen LogP contribution in [0.5, 0.6) is 5.75 Å². The molecule has 0 aliphatic heterocycles. The van der Waals surface area contributed by atoms with Crippen molar-refractivity contribution in [2.24, 2.45) is 5.92 Å². The van der Waals surface area contributed by atoms with Crippen molar-refractivity contribution in [2.45, 2.75) is 57.9 Å². The van der Waals surface area contributed by atoms with E-state index in [0.29, 0.717) is 26.0 Å². The van der Waals surface area contributed by atoms with Gasteiger partial charge in [-0.3, -0.25) is 9.59 Å². The van der Waals surface area contributed by atoms with Crippen LogP contribution in [0.2, 0.25) is 0 Å². The summed E-state index contributed by atoms with van der Waals surface area (Å²) in [6, 6.07) is 9.88. The Bertz CT molecular complexity index is 554. The molecule has 5 nitrogen and oxygen atoms in total. The van der Waals surface area contributed by atoms with E-state index in [1.807, 2.05) is 42.2 Å². The fraction of sp³-hybridized carbons (Fsp3) is 0.619. The van der Waals surface area contributed by atoms with Crippen LogP contribution in [0.25, 0.3) is 0 Å². The highest BCUT2D eigenvalue weighted by atomic mass is 16.5.